The number of rotatable bonds is 1. The third-order valence-corrected chi connectivity index (χ3v) is 7.56. The molecule has 0 N–H and O–H groups in total. The predicted molar refractivity (Wildman–Crippen MR) is 112 cm³/mol. The van der Waals surface area contributed by atoms with E-state index < -0.39 is 0 Å². The SMILES string of the molecule is Cc1cccc(-c2c3c(nc4sc5c(c24)CC[C@H](C)C5)[C@@H](C)CCC3)c1. The van der Waals surface area contributed by atoms with Crippen LogP contribution in [-0.4, -0.2) is 4.98 Å². The molecule has 2 heterocycles. The van der Waals surface area contributed by atoms with Crippen LogP contribution in [0, 0.1) is 12.8 Å². The van der Waals surface area contributed by atoms with Gasteiger partial charge >= 0.3 is 0 Å². The van der Waals surface area contributed by atoms with Gasteiger partial charge in [-0.05, 0) is 79.5 Å². The van der Waals surface area contributed by atoms with Crippen molar-refractivity contribution in [1.29, 1.82) is 0 Å². The van der Waals surface area contributed by atoms with Gasteiger partial charge in [-0.1, -0.05) is 43.7 Å². The minimum absolute atomic E-state index is 0.588. The molecule has 134 valence electrons. The van der Waals surface area contributed by atoms with Gasteiger partial charge in [-0.3, -0.25) is 0 Å². The minimum Gasteiger partial charge on any atom is -0.241 e. The predicted octanol–water partition coefficient (Wildman–Crippen LogP) is 6.84. The number of nitrogens with zero attached hydrogens (tertiary/aromatic N) is 1. The van der Waals surface area contributed by atoms with Crippen molar-refractivity contribution in [2.45, 2.75) is 65.2 Å². The van der Waals surface area contributed by atoms with Gasteiger partial charge in [0.25, 0.3) is 0 Å². The Morgan fingerprint density at radius 3 is 2.81 bits per heavy atom. The maximum Gasteiger partial charge on any atom is 0.124 e. The van der Waals surface area contributed by atoms with Gasteiger partial charge in [0.15, 0.2) is 0 Å². The van der Waals surface area contributed by atoms with E-state index in [0.29, 0.717) is 5.92 Å². The van der Waals surface area contributed by atoms with Crippen LogP contribution in [0.4, 0.5) is 0 Å². The molecule has 0 fully saturated rings. The molecule has 2 aliphatic carbocycles. The first-order chi connectivity index (χ1) is 12.6. The highest BCUT2D eigenvalue weighted by atomic mass is 32.1. The number of pyridine rings is 1. The Hall–Kier alpha value is -1.67. The Kier molecular flexibility index (Phi) is 3.93. The average molecular weight is 362 g/mol. The number of aromatic nitrogens is 1. The summed E-state index contributed by atoms with van der Waals surface area (Å²) in [5.41, 5.74) is 8.82. The zero-order chi connectivity index (χ0) is 17.8. The van der Waals surface area contributed by atoms with Crippen molar-refractivity contribution >= 4 is 21.6 Å². The van der Waals surface area contributed by atoms with Crippen molar-refractivity contribution < 1.29 is 0 Å². The zero-order valence-electron chi connectivity index (χ0n) is 16.1. The van der Waals surface area contributed by atoms with Gasteiger partial charge in [-0.15, -0.1) is 11.3 Å². The Labute approximate surface area is 160 Å². The fourth-order valence-electron chi connectivity index (χ4n) is 5.03. The van der Waals surface area contributed by atoms with Crippen molar-refractivity contribution in [3.8, 4) is 11.1 Å². The van der Waals surface area contributed by atoms with Crippen LogP contribution in [0.3, 0.4) is 0 Å². The molecule has 3 aromatic rings. The number of aryl methyl sites for hydroxylation is 2. The summed E-state index contributed by atoms with van der Waals surface area (Å²) in [6, 6.07) is 9.12. The molecule has 0 bridgehead atoms. The fraction of sp³-hybridized carbons (Fsp3) is 0.458. The zero-order valence-corrected chi connectivity index (χ0v) is 16.9. The molecule has 0 unspecified atom stereocenters. The molecule has 0 radical (unpaired) electrons. The number of hydrogen-bond acceptors (Lipinski definition) is 2. The van der Waals surface area contributed by atoms with Crippen LogP contribution in [0.15, 0.2) is 24.3 Å². The summed E-state index contributed by atoms with van der Waals surface area (Å²) in [4.78, 5) is 8.16. The maximum atomic E-state index is 5.25. The molecular formula is C24H27NS. The molecule has 2 heteroatoms. The van der Waals surface area contributed by atoms with Crippen LogP contribution >= 0.6 is 11.3 Å². The number of fused-ring (bicyclic) bond motifs is 4. The van der Waals surface area contributed by atoms with Gasteiger partial charge in [0.2, 0.25) is 0 Å². The molecule has 0 saturated heterocycles. The second kappa shape index (κ2) is 6.20. The lowest BCUT2D eigenvalue weighted by Gasteiger charge is -2.25. The highest BCUT2D eigenvalue weighted by molar-refractivity contribution is 7.19. The van der Waals surface area contributed by atoms with Gasteiger partial charge in [0, 0.05) is 16.0 Å². The summed E-state index contributed by atoms with van der Waals surface area (Å²) in [6.07, 6.45) is 7.55. The summed E-state index contributed by atoms with van der Waals surface area (Å²) in [6.45, 7) is 6.98. The van der Waals surface area contributed by atoms with E-state index in [-0.39, 0.29) is 0 Å². The molecule has 0 amide bonds. The minimum atomic E-state index is 0.588. The summed E-state index contributed by atoms with van der Waals surface area (Å²) in [7, 11) is 0. The quantitative estimate of drug-likeness (QED) is 0.462. The molecule has 26 heavy (non-hydrogen) atoms. The summed E-state index contributed by atoms with van der Waals surface area (Å²) in [5, 5.41) is 1.50. The Morgan fingerprint density at radius 2 is 1.96 bits per heavy atom. The lowest BCUT2D eigenvalue weighted by Crippen LogP contribution is -2.12. The summed E-state index contributed by atoms with van der Waals surface area (Å²) in [5.74, 6) is 1.40. The third-order valence-electron chi connectivity index (χ3n) is 6.41. The first kappa shape index (κ1) is 16.5. The monoisotopic (exact) mass is 361 g/mol. The smallest absolute Gasteiger partial charge is 0.124 e. The molecule has 2 atom stereocenters. The third kappa shape index (κ3) is 2.53. The van der Waals surface area contributed by atoms with E-state index in [2.05, 4.69) is 45.0 Å². The average Bonchev–Trinajstić information content (AvgIpc) is 2.97. The van der Waals surface area contributed by atoms with Gasteiger partial charge in [-0.2, -0.15) is 0 Å². The van der Waals surface area contributed by atoms with E-state index >= 15 is 0 Å². The maximum absolute atomic E-state index is 5.25. The van der Waals surface area contributed by atoms with Crippen molar-refractivity contribution in [2.24, 2.45) is 5.92 Å². The van der Waals surface area contributed by atoms with Gasteiger partial charge in [-0.25, -0.2) is 4.98 Å². The largest absolute Gasteiger partial charge is 0.241 e. The van der Waals surface area contributed by atoms with Crippen LogP contribution < -0.4 is 0 Å². The van der Waals surface area contributed by atoms with Crippen LogP contribution in [-0.2, 0) is 19.3 Å². The van der Waals surface area contributed by atoms with Crippen molar-refractivity contribution in [3.05, 3.63) is 51.5 Å². The lowest BCUT2D eigenvalue weighted by molar-refractivity contribution is 0.509. The van der Waals surface area contributed by atoms with Crippen LogP contribution in [0.25, 0.3) is 21.3 Å². The molecule has 1 aromatic carbocycles. The van der Waals surface area contributed by atoms with Crippen molar-refractivity contribution in [1.82, 2.24) is 4.98 Å². The van der Waals surface area contributed by atoms with E-state index in [1.807, 2.05) is 11.3 Å². The standard InChI is InChI=1S/C24H27NS/c1-14-6-4-8-17(12-14)21-19-9-5-7-16(3)23(19)25-24-22(21)18-11-10-15(2)13-20(18)26-24/h4,6,8,12,15-16H,5,7,9-11,13H2,1-3H3/t15-,16-/m0/s1. The topological polar surface area (TPSA) is 12.9 Å². The Morgan fingerprint density at radius 1 is 1.08 bits per heavy atom. The summed E-state index contributed by atoms with van der Waals surface area (Å²) >= 11 is 1.98. The van der Waals surface area contributed by atoms with Gasteiger partial charge in [0.05, 0.1) is 0 Å². The van der Waals surface area contributed by atoms with E-state index in [0.717, 1.165) is 5.92 Å². The molecule has 0 spiro atoms. The van der Waals surface area contributed by atoms with Crippen molar-refractivity contribution in [3.63, 3.8) is 0 Å². The summed E-state index contributed by atoms with van der Waals surface area (Å²) < 4.78 is 0. The van der Waals surface area contributed by atoms with Crippen LogP contribution in [0.5, 0.6) is 0 Å². The highest BCUT2D eigenvalue weighted by Crippen LogP contribution is 2.46. The molecular weight excluding hydrogens is 334 g/mol. The van der Waals surface area contributed by atoms with Crippen LogP contribution in [0.1, 0.15) is 66.3 Å². The second-order valence-corrected chi connectivity index (χ2v) is 9.63. The molecule has 0 aliphatic heterocycles. The van der Waals surface area contributed by atoms with Gasteiger partial charge in [0.1, 0.15) is 4.83 Å². The van der Waals surface area contributed by atoms with E-state index in [4.69, 9.17) is 4.98 Å². The van der Waals surface area contributed by atoms with E-state index in [9.17, 15) is 0 Å². The van der Waals surface area contributed by atoms with Crippen LogP contribution in [0.2, 0.25) is 0 Å². The van der Waals surface area contributed by atoms with Gasteiger partial charge < -0.3 is 0 Å². The van der Waals surface area contributed by atoms with E-state index in [1.165, 1.54) is 71.1 Å². The van der Waals surface area contributed by atoms with E-state index in [1.54, 1.807) is 16.0 Å². The number of thiophene rings is 1. The highest BCUT2D eigenvalue weighted by Gasteiger charge is 2.29. The lowest BCUT2D eigenvalue weighted by atomic mass is 9.80. The Bertz CT molecular complexity index is 997. The molecule has 5 rings (SSSR count). The first-order valence-electron chi connectivity index (χ1n) is 10.2. The molecule has 0 saturated carbocycles. The number of benzene rings is 1. The fourth-order valence-corrected chi connectivity index (χ4v) is 6.43. The van der Waals surface area contributed by atoms with Crippen molar-refractivity contribution in [2.75, 3.05) is 0 Å². The molecule has 2 aromatic heterocycles. The molecule has 2 aliphatic rings. The first-order valence-corrected chi connectivity index (χ1v) is 11.0. The normalized spacial score (nSPS) is 22.3. The number of hydrogen-bond donors (Lipinski definition) is 0. The molecule has 1 nitrogen and oxygen atoms in total. The second-order valence-electron chi connectivity index (χ2n) is 8.55. The Balaban J connectivity index is 1.87.